The maximum Gasteiger partial charge on any atom is 0.160 e. The zero-order chi connectivity index (χ0) is 46.0. The molecule has 7 nitrogen and oxygen atoms in total. The van der Waals surface area contributed by atoms with Crippen molar-refractivity contribution < 1.29 is 0 Å². The molecule has 0 aliphatic heterocycles. The van der Waals surface area contributed by atoms with Gasteiger partial charge in [0.05, 0.1) is 57.3 Å². The van der Waals surface area contributed by atoms with Crippen molar-refractivity contribution in [1.29, 1.82) is 15.8 Å². The number of hydrogen-bond acceptors (Lipinski definition) is 6. The van der Waals surface area contributed by atoms with Crippen LogP contribution in [0.2, 0.25) is 0 Å². The van der Waals surface area contributed by atoms with E-state index in [4.69, 9.17) is 9.97 Å². The molecule has 11 rings (SSSR count). The molecule has 0 radical (unpaired) electrons. The summed E-state index contributed by atoms with van der Waals surface area (Å²) >= 11 is 0. The van der Waals surface area contributed by atoms with E-state index < -0.39 is 0 Å². The summed E-state index contributed by atoms with van der Waals surface area (Å²) in [6.07, 6.45) is 0. The average molecular weight is 868 g/mol. The van der Waals surface area contributed by atoms with Gasteiger partial charge >= 0.3 is 0 Å². The molecule has 7 heteroatoms. The van der Waals surface area contributed by atoms with Crippen LogP contribution in [-0.4, -0.2) is 14.5 Å². The highest BCUT2D eigenvalue weighted by molar-refractivity contribution is 6.10. The van der Waals surface area contributed by atoms with E-state index in [-0.39, 0.29) is 0 Å². The molecule has 0 amide bonds. The van der Waals surface area contributed by atoms with E-state index in [2.05, 4.69) is 149 Å². The Morgan fingerprint density at radius 1 is 0.368 bits per heavy atom. The molecular formula is C61H37N7. The lowest BCUT2D eigenvalue weighted by atomic mass is 9.94. The largest absolute Gasteiger partial charge is 0.310 e. The van der Waals surface area contributed by atoms with E-state index in [0.717, 1.165) is 72.5 Å². The number of para-hydroxylation sites is 3. The predicted molar refractivity (Wildman–Crippen MR) is 272 cm³/mol. The summed E-state index contributed by atoms with van der Waals surface area (Å²) in [5.41, 5.74) is 15.5. The fourth-order valence-electron chi connectivity index (χ4n) is 9.02. The van der Waals surface area contributed by atoms with Crippen LogP contribution < -0.4 is 4.90 Å². The highest BCUT2D eigenvalue weighted by Crippen LogP contribution is 2.40. The topological polar surface area (TPSA) is 105 Å². The molecule has 9 aromatic carbocycles. The third-order valence-electron chi connectivity index (χ3n) is 12.3. The second-order valence-corrected chi connectivity index (χ2v) is 16.4. The molecule has 68 heavy (non-hydrogen) atoms. The molecule has 316 valence electrons. The van der Waals surface area contributed by atoms with E-state index in [1.165, 1.54) is 5.39 Å². The lowest BCUT2D eigenvalue weighted by Crippen LogP contribution is -2.09. The number of hydrogen-bond donors (Lipinski definition) is 0. The first-order chi connectivity index (χ1) is 33.5. The van der Waals surface area contributed by atoms with Crippen LogP contribution in [-0.2, 0) is 0 Å². The van der Waals surface area contributed by atoms with Crippen LogP contribution in [0, 0.1) is 34.0 Å². The standard InChI is InChI=1S/C61H37N7/c62-38-41-11-9-13-47(33-41)58-37-57(65-61(66-58)48-14-10-12-42(34-48)39-63)45-23-21-44(22-24-45)54-31-27-46(35-49(54)40-64)43-25-28-52(29-26-43)68-59-20-8-7-19-55(59)56-36-53(30-32-60(56)68)67(50-15-3-1-4-16-50)51-17-5-2-6-18-51/h1-37H. The Balaban J connectivity index is 0.901. The number of benzene rings is 9. The number of aromatic nitrogens is 3. The molecule has 0 saturated carbocycles. The Morgan fingerprint density at radius 2 is 0.941 bits per heavy atom. The highest BCUT2D eigenvalue weighted by atomic mass is 15.1. The zero-order valence-corrected chi connectivity index (χ0v) is 36.5. The van der Waals surface area contributed by atoms with Gasteiger partial charge in [0.15, 0.2) is 5.82 Å². The number of rotatable bonds is 9. The Hall–Kier alpha value is -9.87. The first-order valence-electron chi connectivity index (χ1n) is 22.1. The van der Waals surface area contributed by atoms with Crippen LogP contribution in [0.1, 0.15) is 16.7 Å². The van der Waals surface area contributed by atoms with E-state index in [1.54, 1.807) is 24.3 Å². The van der Waals surface area contributed by atoms with Crippen LogP contribution in [0.25, 0.3) is 83.6 Å². The quantitative estimate of drug-likeness (QED) is 0.143. The summed E-state index contributed by atoms with van der Waals surface area (Å²) in [4.78, 5) is 12.1. The van der Waals surface area contributed by atoms with Crippen LogP contribution in [0.15, 0.2) is 224 Å². The minimum atomic E-state index is 0.468. The molecule has 0 bridgehead atoms. The maximum absolute atomic E-state index is 10.5. The van der Waals surface area contributed by atoms with Crippen LogP contribution >= 0.6 is 0 Å². The molecule has 0 unspecified atom stereocenters. The van der Waals surface area contributed by atoms with Crippen molar-refractivity contribution in [1.82, 2.24) is 14.5 Å². The maximum atomic E-state index is 10.5. The summed E-state index contributed by atoms with van der Waals surface area (Å²) in [6, 6.07) is 82.1. The summed E-state index contributed by atoms with van der Waals surface area (Å²) in [6.45, 7) is 0. The lowest BCUT2D eigenvalue weighted by molar-refractivity contribution is 1.18. The summed E-state index contributed by atoms with van der Waals surface area (Å²) in [5, 5.41) is 32.0. The first kappa shape index (κ1) is 40.9. The Labute approximate surface area is 393 Å². The molecule has 11 aromatic rings. The summed E-state index contributed by atoms with van der Waals surface area (Å²) < 4.78 is 2.32. The van der Waals surface area contributed by atoms with E-state index >= 15 is 0 Å². The van der Waals surface area contributed by atoms with Gasteiger partial charge in [0.2, 0.25) is 0 Å². The SMILES string of the molecule is N#Cc1cccc(-c2cc(-c3ccc(-c4ccc(-c5ccc(-n6c7ccccc7c7cc(N(c8ccccc8)c8ccccc8)ccc76)cc5)cc4C#N)cc3)nc(-c3cccc(C#N)c3)n2)c1. The van der Waals surface area contributed by atoms with Crippen molar-refractivity contribution in [3.63, 3.8) is 0 Å². The van der Waals surface area contributed by atoms with Crippen molar-refractivity contribution >= 4 is 38.9 Å². The van der Waals surface area contributed by atoms with E-state index in [1.807, 2.05) is 78.9 Å². The average Bonchev–Trinajstić information content (AvgIpc) is 3.75. The second kappa shape index (κ2) is 17.6. The number of anilines is 3. The van der Waals surface area contributed by atoms with Gasteiger partial charge in [-0.25, -0.2) is 9.97 Å². The lowest BCUT2D eigenvalue weighted by Gasteiger charge is -2.25. The van der Waals surface area contributed by atoms with Gasteiger partial charge in [0.25, 0.3) is 0 Å². The van der Waals surface area contributed by atoms with Gasteiger partial charge in [-0.3, -0.25) is 0 Å². The van der Waals surface area contributed by atoms with Crippen LogP contribution in [0.5, 0.6) is 0 Å². The fraction of sp³-hybridized carbons (Fsp3) is 0. The molecule has 0 atom stereocenters. The monoisotopic (exact) mass is 867 g/mol. The zero-order valence-electron chi connectivity index (χ0n) is 36.5. The van der Waals surface area contributed by atoms with Crippen molar-refractivity contribution in [2.45, 2.75) is 0 Å². The van der Waals surface area contributed by atoms with Gasteiger partial charge in [-0.15, -0.1) is 0 Å². The third-order valence-corrected chi connectivity index (χ3v) is 12.3. The molecule has 0 aliphatic rings. The Morgan fingerprint density at radius 3 is 1.62 bits per heavy atom. The van der Waals surface area contributed by atoms with Gasteiger partial charge in [0.1, 0.15) is 0 Å². The van der Waals surface area contributed by atoms with Gasteiger partial charge in [-0.2, -0.15) is 15.8 Å². The van der Waals surface area contributed by atoms with E-state index in [9.17, 15) is 15.8 Å². The van der Waals surface area contributed by atoms with Crippen molar-refractivity contribution in [2.24, 2.45) is 0 Å². The van der Waals surface area contributed by atoms with Crippen LogP contribution in [0.4, 0.5) is 17.1 Å². The van der Waals surface area contributed by atoms with Crippen molar-refractivity contribution in [2.75, 3.05) is 4.90 Å². The molecule has 0 aliphatic carbocycles. The molecular weight excluding hydrogens is 831 g/mol. The minimum absolute atomic E-state index is 0.468. The molecule has 2 heterocycles. The molecule has 0 N–H and O–H groups in total. The molecule has 2 aromatic heterocycles. The second-order valence-electron chi connectivity index (χ2n) is 16.4. The highest BCUT2D eigenvalue weighted by Gasteiger charge is 2.18. The summed E-state index contributed by atoms with van der Waals surface area (Å²) in [5.74, 6) is 0.468. The normalized spacial score (nSPS) is 10.9. The number of nitriles is 3. The minimum Gasteiger partial charge on any atom is -0.310 e. The fourth-order valence-corrected chi connectivity index (χ4v) is 9.02. The van der Waals surface area contributed by atoms with Crippen LogP contribution in [0.3, 0.4) is 0 Å². The smallest absolute Gasteiger partial charge is 0.160 e. The predicted octanol–water partition coefficient (Wildman–Crippen LogP) is 15.0. The summed E-state index contributed by atoms with van der Waals surface area (Å²) in [7, 11) is 0. The molecule has 0 fully saturated rings. The van der Waals surface area contributed by atoms with E-state index in [0.29, 0.717) is 39.5 Å². The first-order valence-corrected chi connectivity index (χ1v) is 22.1. The number of fused-ring (bicyclic) bond motifs is 3. The molecule has 0 saturated heterocycles. The Kier molecular flexibility index (Phi) is 10.6. The van der Waals surface area contributed by atoms with Gasteiger partial charge in [-0.1, -0.05) is 127 Å². The van der Waals surface area contributed by atoms with Crippen molar-refractivity contribution in [3.05, 3.63) is 241 Å². The molecule has 0 spiro atoms. The van der Waals surface area contributed by atoms with Crippen molar-refractivity contribution in [3.8, 4) is 80.1 Å². The van der Waals surface area contributed by atoms with Gasteiger partial charge in [0, 0.05) is 50.2 Å². The van der Waals surface area contributed by atoms with Gasteiger partial charge < -0.3 is 9.47 Å². The van der Waals surface area contributed by atoms with Gasteiger partial charge in [-0.05, 0) is 119 Å². The third kappa shape index (κ3) is 7.67. The Bertz CT molecular complexity index is 3700. The number of nitrogens with zero attached hydrogens (tertiary/aromatic N) is 7.